The highest BCUT2D eigenvalue weighted by molar-refractivity contribution is 5.23. The van der Waals surface area contributed by atoms with E-state index in [1.165, 1.54) is 12.1 Å². The molecule has 0 bridgehead atoms. The molecule has 1 atom stereocenters. The Kier molecular flexibility index (Phi) is 5.87. The normalized spacial score (nSPS) is 12.3. The molecule has 3 nitrogen and oxygen atoms in total. The predicted molar refractivity (Wildman–Crippen MR) is 80.2 cm³/mol. The lowest BCUT2D eigenvalue weighted by atomic mass is 10.1. The molecular formula is C17H20FNO2. The van der Waals surface area contributed by atoms with Crippen molar-refractivity contribution >= 4 is 0 Å². The lowest BCUT2D eigenvalue weighted by Gasteiger charge is -2.13. The zero-order valence-corrected chi connectivity index (χ0v) is 12.1. The zero-order chi connectivity index (χ0) is 15.1. The first kappa shape index (κ1) is 15.6. The maximum absolute atomic E-state index is 13.1. The van der Waals surface area contributed by atoms with Gasteiger partial charge >= 0.3 is 0 Å². The van der Waals surface area contributed by atoms with Crippen LogP contribution < -0.4 is 5.32 Å². The van der Waals surface area contributed by atoms with Crippen molar-refractivity contribution in [1.82, 2.24) is 5.32 Å². The third-order valence-corrected chi connectivity index (χ3v) is 3.20. The Morgan fingerprint density at radius 2 is 1.90 bits per heavy atom. The second-order valence-corrected chi connectivity index (χ2v) is 4.95. The number of halogens is 1. The monoisotopic (exact) mass is 289 g/mol. The SMILES string of the molecule is COCc1cccc(CNCC(O)c2cccc(F)c2)c1. The minimum Gasteiger partial charge on any atom is -0.387 e. The summed E-state index contributed by atoms with van der Waals surface area (Å²) >= 11 is 0. The molecule has 21 heavy (non-hydrogen) atoms. The van der Waals surface area contributed by atoms with E-state index in [9.17, 15) is 9.50 Å². The standard InChI is InChI=1S/C17H20FNO2/c1-21-12-14-5-2-4-13(8-14)10-19-11-17(20)15-6-3-7-16(18)9-15/h2-9,17,19-20H,10-12H2,1H3. The topological polar surface area (TPSA) is 41.5 Å². The van der Waals surface area contributed by atoms with E-state index in [1.807, 2.05) is 18.2 Å². The molecular weight excluding hydrogens is 269 g/mol. The van der Waals surface area contributed by atoms with Crippen LogP contribution in [0.1, 0.15) is 22.8 Å². The molecule has 0 heterocycles. The summed E-state index contributed by atoms with van der Waals surface area (Å²) in [5, 5.41) is 13.2. The van der Waals surface area contributed by atoms with Crippen molar-refractivity contribution < 1.29 is 14.2 Å². The van der Waals surface area contributed by atoms with Crippen LogP contribution in [0.4, 0.5) is 4.39 Å². The van der Waals surface area contributed by atoms with Gasteiger partial charge in [0.25, 0.3) is 0 Å². The van der Waals surface area contributed by atoms with Gasteiger partial charge in [0.05, 0.1) is 12.7 Å². The average Bonchev–Trinajstić information content (AvgIpc) is 2.48. The van der Waals surface area contributed by atoms with E-state index in [0.717, 1.165) is 11.1 Å². The molecule has 0 fully saturated rings. The Morgan fingerprint density at radius 3 is 2.67 bits per heavy atom. The Bertz CT molecular complexity index is 574. The summed E-state index contributed by atoms with van der Waals surface area (Å²) in [6.45, 7) is 1.60. The highest BCUT2D eigenvalue weighted by Crippen LogP contribution is 2.13. The highest BCUT2D eigenvalue weighted by Gasteiger charge is 2.07. The molecule has 1 unspecified atom stereocenters. The molecule has 0 saturated heterocycles. The number of aliphatic hydroxyl groups excluding tert-OH is 1. The van der Waals surface area contributed by atoms with Gasteiger partial charge in [-0.1, -0.05) is 36.4 Å². The molecule has 2 aromatic carbocycles. The first-order chi connectivity index (χ1) is 10.2. The van der Waals surface area contributed by atoms with E-state index < -0.39 is 6.10 Å². The quantitative estimate of drug-likeness (QED) is 0.823. The summed E-state index contributed by atoms with van der Waals surface area (Å²) in [6.07, 6.45) is -0.720. The van der Waals surface area contributed by atoms with Gasteiger partial charge in [0, 0.05) is 20.2 Å². The second-order valence-electron chi connectivity index (χ2n) is 4.95. The molecule has 0 aliphatic carbocycles. The van der Waals surface area contributed by atoms with Crippen LogP contribution in [0.15, 0.2) is 48.5 Å². The summed E-state index contributed by atoms with van der Waals surface area (Å²) in [7, 11) is 1.67. The minimum absolute atomic E-state index is 0.334. The Labute approximate surface area is 124 Å². The van der Waals surface area contributed by atoms with Crippen LogP contribution in [-0.2, 0) is 17.9 Å². The molecule has 2 aromatic rings. The van der Waals surface area contributed by atoms with Crippen LogP contribution in [0.5, 0.6) is 0 Å². The minimum atomic E-state index is -0.720. The van der Waals surface area contributed by atoms with Crippen molar-refractivity contribution in [2.45, 2.75) is 19.3 Å². The molecule has 0 amide bonds. The van der Waals surface area contributed by atoms with Gasteiger partial charge in [-0.05, 0) is 28.8 Å². The van der Waals surface area contributed by atoms with Gasteiger partial charge in [0.1, 0.15) is 5.82 Å². The van der Waals surface area contributed by atoms with Crippen LogP contribution >= 0.6 is 0 Å². The fourth-order valence-electron chi connectivity index (χ4n) is 2.18. The molecule has 0 aromatic heterocycles. The summed E-state index contributed by atoms with van der Waals surface area (Å²) in [5.41, 5.74) is 2.81. The average molecular weight is 289 g/mol. The van der Waals surface area contributed by atoms with Gasteiger partial charge in [0.15, 0.2) is 0 Å². The zero-order valence-electron chi connectivity index (χ0n) is 12.1. The maximum atomic E-state index is 13.1. The van der Waals surface area contributed by atoms with Crippen LogP contribution in [0.3, 0.4) is 0 Å². The summed E-state index contributed by atoms with van der Waals surface area (Å²) in [5.74, 6) is -0.334. The fraction of sp³-hybridized carbons (Fsp3) is 0.294. The lowest BCUT2D eigenvalue weighted by molar-refractivity contribution is 0.174. The van der Waals surface area contributed by atoms with Crippen molar-refractivity contribution in [2.24, 2.45) is 0 Å². The fourth-order valence-corrected chi connectivity index (χ4v) is 2.18. The first-order valence-electron chi connectivity index (χ1n) is 6.90. The largest absolute Gasteiger partial charge is 0.387 e. The molecule has 2 N–H and O–H groups in total. The van der Waals surface area contributed by atoms with Gasteiger partial charge in [-0.2, -0.15) is 0 Å². The van der Waals surface area contributed by atoms with Gasteiger partial charge in [-0.3, -0.25) is 0 Å². The van der Waals surface area contributed by atoms with Crippen LogP contribution in [0.25, 0.3) is 0 Å². The van der Waals surface area contributed by atoms with Crippen LogP contribution in [-0.4, -0.2) is 18.8 Å². The highest BCUT2D eigenvalue weighted by atomic mass is 19.1. The molecule has 112 valence electrons. The summed E-state index contributed by atoms with van der Waals surface area (Å²) in [6, 6.07) is 14.1. The molecule has 0 aliphatic rings. The molecule has 0 saturated carbocycles. The number of nitrogens with one attached hydrogen (secondary N) is 1. The molecule has 0 spiro atoms. The lowest BCUT2D eigenvalue weighted by Crippen LogP contribution is -2.21. The summed E-state index contributed by atoms with van der Waals surface area (Å²) in [4.78, 5) is 0. The third-order valence-electron chi connectivity index (χ3n) is 3.20. The molecule has 4 heteroatoms. The second kappa shape index (κ2) is 7.88. The number of ether oxygens (including phenoxy) is 1. The summed E-state index contributed by atoms with van der Waals surface area (Å²) < 4.78 is 18.2. The number of benzene rings is 2. The number of rotatable bonds is 7. The number of hydrogen-bond donors (Lipinski definition) is 2. The Morgan fingerprint density at radius 1 is 1.14 bits per heavy atom. The van der Waals surface area contributed by atoms with Gasteiger partial charge < -0.3 is 15.2 Å². The van der Waals surface area contributed by atoms with Crippen molar-refractivity contribution in [2.75, 3.05) is 13.7 Å². The van der Waals surface area contributed by atoms with E-state index >= 15 is 0 Å². The van der Waals surface area contributed by atoms with Gasteiger partial charge in [-0.15, -0.1) is 0 Å². The number of hydrogen-bond acceptors (Lipinski definition) is 3. The Balaban J connectivity index is 1.85. The van der Waals surface area contributed by atoms with Crippen molar-refractivity contribution in [3.63, 3.8) is 0 Å². The molecule has 0 radical (unpaired) electrons. The van der Waals surface area contributed by atoms with E-state index in [1.54, 1.807) is 19.2 Å². The third kappa shape index (κ3) is 4.93. The van der Waals surface area contributed by atoms with Crippen molar-refractivity contribution in [3.05, 3.63) is 71.0 Å². The van der Waals surface area contributed by atoms with Crippen LogP contribution in [0, 0.1) is 5.82 Å². The molecule has 2 rings (SSSR count). The van der Waals surface area contributed by atoms with E-state index in [-0.39, 0.29) is 5.82 Å². The van der Waals surface area contributed by atoms with E-state index in [0.29, 0.717) is 25.3 Å². The smallest absolute Gasteiger partial charge is 0.123 e. The van der Waals surface area contributed by atoms with Crippen molar-refractivity contribution in [1.29, 1.82) is 0 Å². The van der Waals surface area contributed by atoms with Gasteiger partial charge in [-0.25, -0.2) is 4.39 Å². The molecule has 0 aliphatic heterocycles. The number of methoxy groups -OCH3 is 1. The number of aliphatic hydroxyl groups is 1. The Hall–Kier alpha value is -1.75. The van der Waals surface area contributed by atoms with E-state index in [4.69, 9.17) is 4.74 Å². The van der Waals surface area contributed by atoms with Crippen LogP contribution in [0.2, 0.25) is 0 Å². The van der Waals surface area contributed by atoms with Crippen molar-refractivity contribution in [3.8, 4) is 0 Å². The van der Waals surface area contributed by atoms with E-state index in [2.05, 4.69) is 11.4 Å². The van der Waals surface area contributed by atoms with Gasteiger partial charge in [0.2, 0.25) is 0 Å². The first-order valence-corrected chi connectivity index (χ1v) is 6.90. The predicted octanol–water partition coefficient (Wildman–Crippen LogP) is 2.80. The maximum Gasteiger partial charge on any atom is 0.123 e.